The molecule has 0 amide bonds. The fraction of sp³-hybridized carbons (Fsp3) is 0.312. The van der Waals surface area contributed by atoms with Crippen LogP contribution >= 0.6 is 0 Å². The Morgan fingerprint density at radius 2 is 1.76 bits per heavy atom. The van der Waals surface area contributed by atoms with E-state index in [-0.39, 0.29) is 6.61 Å². The minimum Gasteiger partial charge on any atom is -0.464 e. The summed E-state index contributed by atoms with van der Waals surface area (Å²) in [7, 11) is 0. The number of aromatic nitrogens is 2. The summed E-state index contributed by atoms with van der Waals surface area (Å²) in [4.78, 5) is 20.5. The zero-order valence-electron chi connectivity index (χ0n) is 12.4. The molecule has 0 radical (unpaired) electrons. The number of hydrogen-bond acceptors (Lipinski definition) is 5. The van der Waals surface area contributed by atoms with Crippen LogP contribution in [0.15, 0.2) is 30.3 Å². The van der Waals surface area contributed by atoms with Gasteiger partial charge in [0, 0.05) is 0 Å². The van der Waals surface area contributed by atoms with Crippen LogP contribution in [0.2, 0.25) is 0 Å². The number of hydrogen-bond donors (Lipinski definition) is 0. The highest BCUT2D eigenvalue weighted by molar-refractivity contribution is 5.73. The molecule has 0 bridgehead atoms. The van der Waals surface area contributed by atoms with Crippen LogP contribution in [0.5, 0.6) is 11.6 Å². The van der Waals surface area contributed by atoms with Gasteiger partial charge in [-0.1, -0.05) is 25.1 Å². The molecule has 2 rings (SSSR count). The molecule has 5 heteroatoms. The fourth-order valence-electron chi connectivity index (χ4n) is 1.75. The van der Waals surface area contributed by atoms with Crippen molar-refractivity contribution < 1.29 is 14.3 Å². The summed E-state index contributed by atoms with van der Waals surface area (Å²) in [6.07, 6.45) is 0.692. The molecule has 0 saturated carbocycles. The Morgan fingerprint density at radius 3 is 2.43 bits per heavy atom. The van der Waals surface area contributed by atoms with E-state index in [1.165, 1.54) is 0 Å². The highest BCUT2D eigenvalue weighted by atomic mass is 16.6. The second-order valence-electron chi connectivity index (χ2n) is 4.58. The van der Waals surface area contributed by atoms with Crippen molar-refractivity contribution in [2.75, 3.05) is 6.61 Å². The van der Waals surface area contributed by atoms with Crippen LogP contribution in [0.1, 0.15) is 24.0 Å². The summed E-state index contributed by atoms with van der Waals surface area (Å²) < 4.78 is 10.6. The molecular formula is C16H18N2O3. The molecule has 0 N–H and O–H groups in total. The fourth-order valence-corrected chi connectivity index (χ4v) is 1.75. The first-order valence-corrected chi connectivity index (χ1v) is 6.82. The lowest BCUT2D eigenvalue weighted by molar-refractivity contribution is -0.136. The number of carbonyl (C=O) groups excluding carboxylic acids is 1. The summed E-state index contributed by atoms with van der Waals surface area (Å²) >= 11 is 0. The van der Waals surface area contributed by atoms with Gasteiger partial charge in [0.1, 0.15) is 11.4 Å². The van der Waals surface area contributed by atoms with Crippen LogP contribution in [0.4, 0.5) is 0 Å². The number of benzene rings is 1. The van der Waals surface area contributed by atoms with E-state index < -0.39 is 5.97 Å². The van der Waals surface area contributed by atoms with Gasteiger partial charge in [0.05, 0.1) is 11.4 Å². The monoisotopic (exact) mass is 286 g/mol. The first-order chi connectivity index (χ1) is 10.1. The van der Waals surface area contributed by atoms with Crippen molar-refractivity contribution in [1.29, 1.82) is 0 Å². The highest BCUT2D eigenvalue weighted by Gasteiger charge is 2.12. The van der Waals surface area contributed by atoms with Crippen molar-refractivity contribution in [2.45, 2.75) is 27.2 Å². The minimum atomic E-state index is -0.469. The normalized spacial score (nSPS) is 10.2. The van der Waals surface area contributed by atoms with Crippen LogP contribution in [0.25, 0.3) is 0 Å². The van der Waals surface area contributed by atoms with Crippen LogP contribution < -0.4 is 9.47 Å². The van der Waals surface area contributed by atoms with E-state index in [0.29, 0.717) is 18.1 Å². The molecule has 5 nitrogen and oxygen atoms in total. The van der Waals surface area contributed by atoms with Crippen molar-refractivity contribution in [2.24, 2.45) is 0 Å². The molecule has 1 aromatic carbocycles. The number of aryl methyl sites for hydroxylation is 3. The summed E-state index contributed by atoms with van der Waals surface area (Å²) in [5.41, 5.74) is 2.40. The van der Waals surface area contributed by atoms with Crippen molar-refractivity contribution in [3.63, 3.8) is 0 Å². The van der Waals surface area contributed by atoms with Gasteiger partial charge in [-0.05, 0) is 32.4 Å². The average Bonchev–Trinajstić information content (AvgIpc) is 2.49. The van der Waals surface area contributed by atoms with Crippen molar-refractivity contribution in [3.05, 3.63) is 47.4 Å². The van der Waals surface area contributed by atoms with Gasteiger partial charge in [-0.15, -0.1) is 0 Å². The Labute approximate surface area is 124 Å². The summed E-state index contributed by atoms with van der Waals surface area (Å²) in [5, 5.41) is 0. The summed E-state index contributed by atoms with van der Waals surface area (Å²) in [5.74, 6) is 0.418. The Hall–Kier alpha value is -2.43. The zero-order chi connectivity index (χ0) is 15.2. The molecule has 0 unspecified atom stereocenters. The van der Waals surface area contributed by atoms with E-state index in [9.17, 15) is 4.79 Å². The largest absolute Gasteiger partial charge is 0.464 e. The molecule has 110 valence electrons. The third-order valence-corrected chi connectivity index (χ3v) is 2.98. The van der Waals surface area contributed by atoms with Crippen LogP contribution in [-0.4, -0.2) is 22.5 Å². The quantitative estimate of drug-likeness (QED) is 0.624. The number of rotatable bonds is 5. The number of nitrogens with zero attached hydrogens (tertiary/aromatic N) is 2. The molecule has 0 aliphatic rings. The molecule has 0 aliphatic carbocycles. The Balaban J connectivity index is 1.99. The van der Waals surface area contributed by atoms with Gasteiger partial charge >= 0.3 is 5.97 Å². The third-order valence-electron chi connectivity index (χ3n) is 2.98. The second-order valence-corrected chi connectivity index (χ2v) is 4.58. The molecule has 0 aliphatic heterocycles. The lowest BCUT2D eigenvalue weighted by atomic mass is 10.3. The van der Waals surface area contributed by atoms with Crippen LogP contribution in [-0.2, 0) is 11.2 Å². The molecule has 2 aromatic rings. The molecule has 21 heavy (non-hydrogen) atoms. The number of para-hydroxylation sites is 1. The molecular weight excluding hydrogens is 268 g/mol. The predicted molar refractivity (Wildman–Crippen MR) is 78.5 cm³/mol. The van der Waals surface area contributed by atoms with E-state index in [4.69, 9.17) is 9.47 Å². The predicted octanol–water partition coefficient (Wildman–Crippen LogP) is 2.64. The topological polar surface area (TPSA) is 61.3 Å². The number of ether oxygens (including phenoxy) is 2. The third kappa shape index (κ3) is 4.02. The van der Waals surface area contributed by atoms with Gasteiger partial charge in [-0.3, -0.25) is 4.98 Å². The Morgan fingerprint density at radius 1 is 1.10 bits per heavy atom. The average molecular weight is 286 g/mol. The van der Waals surface area contributed by atoms with Gasteiger partial charge < -0.3 is 9.47 Å². The van der Waals surface area contributed by atoms with Crippen LogP contribution in [0, 0.1) is 13.8 Å². The summed E-state index contributed by atoms with van der Waals surface area (Å²) in [6.45, 7) is 5.53. The van der Waals surface area contributed by atoms with Crippen molar-refractivity contribution >= 4 is 5.97 Å². The zero-order valence-corrected chi connectivity index (χ0v) is 12.4. The highest BCUT2D eigenvalue weighted by Crippen LogP contribution is 2.16. The van der Waals surface area contributed by atoms with E-state index >= 15 is 0 Å². The van der Waals surface area contributed by atoms with Gasteiger partial charge in [0.25, 0.3) is 0 Å². The van der Waals surface area contributed by atoms with Crippen molar-refractivity contribution in [1.82, 2.24) is 9.97 Å². The maximum atomic E-state index is 11.7. The molecule has 0 spiro atoms. The maximum absolute atomic E-state index is 11.7. The maximum Gasteiger partial charge on any atom is 0.349 e. The molecule has 0 atom stereocenters. The van der Waals surface area contributed by atoms with Crippen LogP contribution in [0.3, 0.4) is 0 Å². The lowest BCUT2D eigenvalue weighted by Crippen LogP contribution is -2.19. The summed E-state index contributed by atoms with van der Waals surface area (Å²) in [6, 6.07) is 8.88. The number of carbonyl (C=O) groups is 1. The molecule has 1 aromatic heterocycles. The lowest BCUT2D eigenvalue weighted by Gasteiger charge is -2.10. The molecule has 1 heterocycles. The Bertz CT molecular complexity index is 627. The van der Waals surface area contributed by atoms with E-state index in [1.54, 1.807) is 24.3 Å². The van der Waals surface area contributed by atoms with Gasteiger partial charge in [-0.2, -0.15) is 0 Å². The SMILES string of the molecule is CCc1nc(C)c(C)nc1OCC(=O)Oc1ccccc1. The first kappa shape index (κ1) is 15.0. The second kappa shape index (κ2) is 6.83. The van der Waals surface area contributed by atoms with Crippen molar-refractivity contribution in [3.8, 4) is 11.6 Å². The molecule has 0 saturated heterocycles. The minimum absolute atomic E-state index is 0.195. The molecule has 0 fully saturated rings. The first-order valence-electron chi connectivity index (χ1n) is 6.82. The Kier molecular flexibility index (Phi) is 4.87. The van der Waals surface area contributed by atoms with Gasteiger partial charge in [0.2, 0.25) is 5.88 Å². The van der Waals surface area contributed by atoms with E-state index in [0.717, 1.165) is 17.1 Å². The van der Waals surface area contributed by atoms with Gasteiger partial charge in [0.15, 0.2) is 6.61 Å². The number of esters is 1. The van der Waals surface area contributed by atoms with E-state index in [2.05, 4.69) is 9.97 Å². The standard InChI is InChI=1S/C16H18N2O3/c1-4-14-16(18-12(3)11(2)17-14)20-10-15(19)21-13-8-6-5-7-9-13/h5-9H,4,10H2,1-3H3. The smallest absolute Gasteiger partial charge is 0.349 e. The van der Waals surface area contributed by atoms with E-state index in [1.807, 2.05) is 26.8 Å². The van der Waals surface area contributed by atoms with Gasteiger partial charge in [-0.25, -0.2) is 9.78 Å².